The minimum atomic E-state index is -0.320. The fraction of sp³-hybridized carbons (Fsp3) is 0.273. The third kappa shape index (κ3) is 3.34. The van der Waals surface area contributed by atoms with Crippen molar-refractivity contribution in [2.24, 2.45) is 0 Å². The molecule has 3 aromatic rings. The first-order valence-corrected chi connectivity index (χ1v) is 10.5. The average Bonchev–Trinajstić information content (AvgIpc) is 3.06. The number of carbonyl (C=O) groups excluding carboxylic acids is 1. The van der Waals surface area contributed by atoms with Gasteiger partial charge in [0, 0.05) is 16.8 Å². The molecule has 2 heterocycles. The molecular formula is C22H22N2O3S2. The first kappa shape index (κ1) is 19.7. The van der Waals surface area contributed by atoms with E-state index < -0.39 is 0 Å². The molecule has 0 aliphatic carbocycles. The summed E-state index contributed by atoms with van der Waals surface area (Å²) in [5, 5.41) is 3.61. The Morgan fingerprint density at radius 2 is 1.93 bits per heavy atom. The van der Waals surface area contributed by atoms with Crippen LogP contribution in [-0.2, 0) is 10.3 Å². The number of rotatable bonds is 4. The molecule has 0 atom stereocenters. The van der Waals surface area contributed by atoms with Gasteiger partial charge in [-0.1, -0.05) is 23.8 Å². The summed E-state index contributed by atoms with van der Waals surface area (Å²) in [6.07, 6.45) is 0. The van der Waals surface area contributed by atoms with Crippen molar-refractivity contribution < 1.29 is 14.3 Å². The van der Waals surface area contributed by atoms with E-state index >= 15 is 0 Å². The van der Waals surface area contributed by atoms with Crippen molar-refractivity contribution in [3.05, 3.63) is 57.5 Å². The number of benzene rings is 2. The van der Waals surface area contributed by atoms with Gasteiger partial charge in [-0.3, -0.25) is 3.96 Å². The molecule has 29 heavy (non-hydrogen) atoms. The van der Waals surface area contributed by atoms with Crippen LogP contribution >= 0.6 is 23.8 Å². The first-order valence-electron chi connectivity index (χ1n) is 9.36. The number of nitrogens with one attached hydrogen (secondary N) is 1. The monoisotopic (exact) mass is 426 g/mol. The predicted molar refractivity (Wildman–Crippen MR) is 119 cm³/mol. The summed E-state index contributed by atoms with van der Waals surface area (Å²) in [5.41, 5.74) is 4.32. The van der Waals surface area contributed by atoms with Crippen molar-refractivity contribution in [3.8, 4) is 22.6 Å². The molecular weight excluding hydrogens is 404 g/mol. The van der Waals surface area contributed by atoms with Gasteiger partial charge < -0.3 is 14.8 Å². The van der Waals surface area contributed by atoms with Crippen LogP contribution in [0.15, 0.2) is 42.5 Å². The number of hydrogen-bond acceptors (Lipinski definition) is 6. The van der Waals surface area contributed by atoms with Gasteiger partial charge in [0.2, 0.25) is 0 Å². The maximum absolute atomic E-state index is 11.9. The SMILES string of the molecule is CCOC(=O)c1ccc(-n2sc3c(c2=S)-c2cc(OC)ccc2NC3(C)C)cc1. The minimum absolute atomic E-state index is 0.259. The Bertz CT molecular complexity index is 1140. The van der Waals surface area contributed by atoms with Crippen LogP contribution in [0, 0.1) is 4.64 Å². The number of ether oxygens (including phenoxy) is 2. The molecule has 1 aliphatic heterocycles. The summed E-state index contributed by atoms with van der Waals surface area (Å²) in [7, 11) is 1.66. The molecule has 1 aromatic heterocycles. The Labute approximate surface area is 179 Å². The number of anilines is 1. The van der Waals surface area contributed by atoms with Crippen LogP contribution in [0.2, 0.25) is 0 Å². The number of methoxy groups -OCH3 is 1. The second kappa shape index (κ2) is 7.31. The Balaban J connectivity index is 1.84. The second-order valence-electron chi connectivity index (χ2n) is 7.32. The molecule has 4 rings (SSSR count). The van der Waals surface area contributed by atoms with E-state index in [1.165, 1.54) is 0 Å². The normalized spacial score (nSPS) is 13.8. The lowest BCUT2D eigenvalue weighted by Gasteiger charge is -2.33. The highest BCUT2D eigenvalue weighted by Crippen LogP contribution is 2.48. The quantitative estimate of drug-likeness (QED) is 0.423. The van der Waals surface area contributed by atoms with Crippen LogP contribution in [0.25, 0.3) is 16.8 Å². The minimum Gasteiger partial charge on any atom is -0.497 e. The molecule has 0 radical (unpaired) electrons. The number of carbonyl (C=O) groups is 1. The number of hydrogen-bond donors (Lipinski definition) is 1. The second-order valence-corrected chi connectivity index (χ2v) is 8.67. The van der Waals surface area contributed by atoms with Crippen LogP contribution in [0.5, 0.6) is 5.75 Å². The summed E-state index contributed by atoms with van der Waals surface area (Å²) >= 11 is 7.51. The van der Waals surface area contributed by atoms with E-state index in [0.29, 0.717) is 12.2 Å². The van der Waals surface area contributed by atoms with E-state index in [9.17, 15) is 4.79 Å². The van der Waals surface area contributed by atoms with Crippen LogP contribution < -0.4 is 10.1 Å². The van der Waals surface area contributed by atoms with Crippen molar-refractivity contribution in [1.29, 1.82) is 0 Å². The van der Waals surface area contributed by atoms with Crippen molar-refractivity contribution in [1.82, 2.24) is 3.96 Å². The molecule has 0 unspecified atom stereocenters. The fourth-order valence-corrected chi connectivity index (χ4v) is 5.17. The molecule has 1 aliphatic rings. The van der Waals surface area contributed by atoms with E-state index in [2.05, 4.69) is 19.2 Å². The number of nitrogens with zero attached hydrogens (tertiary/aromatic N) is 1. The maximum atomic E-state index is 11.9. The van der Waals surface area contributed by atoms with Crippen LogP contribution in [0.3, 0.4) is 0 Å². The standard InChI is InChI=1S/C22H22N2O3S2/c1-5-27-21(25)13-6-8-14(9-7-13)24-20(28)18-16-12-15(26-4)10-11-17(16)23-22(2,3)19(18)29-24/h6-12,23H,5H2,1-4H3. The highest BCUT2D eigenvalue weighted by molar-refractivity contribution is 7.71. The van der Waals surface area contributed by atoms with Gasteiger partial charge in [0.1, 0.15) is 10.4 Å². The van der Waals surface area contributed by atoms with E-state index in [4.69, 9.17) is 21.7 Å². The molecule has 2 aromatic carbocycles. The zero-order chi connectivity index (χ0) is 20.8. The number of esters is 1. The van der Waals surface area contributed by atoms with Gasteiger partial charge >= 0.3 is 5.97 Å². The summed E-state index contributed by atoms with van der Waals surface area (Å²) in [4.78, 5) is 13.1. The van der Waals surface area contributed by atoms with Crippen molar-refractivity contribution in [3.63, 3.8) is 0 Å². The van der Waals surface area contributed by atoms with E-state index in [0.717, 1.165) is 37.8 Å². The Kier molecular flexibility index (Phi) is 4.96. The Morgan fingerprint density at radius 1 is 1.21 bits per heavy atom. The lowest BCUT2D eigenvalue weighted by Crippen LogP contribution is -2.30. The molecule has 0 amide bonds. The van der Waals surface area contributed by atoms with Gasteiger partial charge in [-0.15, -0.1) is 0 Å². The molecule has 0 spiro atoms. The molecule has 5 nitrogen and oxygen atoms in total. The zero-order valence-corrected chi connectivity index (χ0v) is 18.4. The van der Waals surface area contributed by atoms with Crippen molar-refractivity contribution in [2.45, 2.75) is 26.3 Å². The Hall–Kier alpha value is -2.64. The Morgan fingerprint density at radius 3 is 2.59 bits per heavy atom. The van der Waals surface area contributed by atoms with E-state index in [1.54, 1.807) is 37.7 Å². The maximum Gasteiger partial charge on any atom is 0.338 e. The first-order chi connectivity index (χ1) is 13.9. The van der Waals surface area contributed by atoms with Crippen LogP contribution in [0.4, 0.5) is 5.69 Å². The van der Waals surface area contributed by atoms with Crippen LogP contribution in [-0.4, -0.2) is 23.6 Å². The molecule has 1 N–H and O–H groups in total. The predicted octanol–water partition coefficient (Wildman–Crippen LogP) is 5.78. The highest BCUT2D eigenvalue weighted by Gasteiger charge is 2.34. The van der Waals surface area contributed by atoms with Crippen molar-refractivity contribution in [2.75, 3.05) is 19.0 Å². The molecule has 0 saturated carbocycles. The van der Waals surface area contributed by atoms with Gasteiger partial charge in [0.15, 0.2) is 0 Å². The summed E-state index contributed by atoms with van der Waals surface area (Å²) in [6.45, 7) is 6.45. The summed E-state index contributed by atoms with van der Waals surface area (Å²) in [6, 6.07) is 13.3. The number of aromatic nitrogens is 1. The van der Waals surface area contributed by atoms with Gasteiger partial charge in [-0.25, -0.2) is 4.79 Å². The van der Waals surface area contributed by atoms with Gasteiger partial charge in [-0.05, 0) is 63.2 Å². The molecule has 0 saturated heterocycles. The van der Waals surface area contributed by atoms with Crippen LogP contribution in [0.1, 0.15) is 36.0 Å². The summed E-state index contributed by atoms with van der Waals surface area (Å²) < 4.78 is 13.3. The lowest BCUT2D eigenvalue weighted by molar-refractivity contribution is 0.0526. The third-order valence-electron chi connectivity index (χ3n) is 4.93. The molecule has 7 heteroatoms. The summed E-state index contributed by atoms with van der Waals surface area (Å²) in [5.74, 6) is 0.474. The smallest absolute Gasteiger partial charge is 0.338 e. The van der Waals surface area contributed by atoms with Gasteiger partial charge in [0.25, 0.3) is 0 Å². The average molecular weight is 427 g/mol. The zero-order valence-electron chi connectivity index (χ0n) is 16.7. The van der Waals surface area contributed by atoms with Gasteiger partial charge in [-0.2, -0.15) is 0 Å². The van der Waals surface area contributed by atoms with Gasteiger partial charge in [0.05, 0.1) is 35.4 Å². The molecule has 0 bridgehead atoms. The fourth-order valence-electron chi connectivity index (χ4n) is 3.52. The largest absolute Gasteiger partial charge is 0.497 e. The lowest BCUT2D eigenvalue weighted by atomic mass is 9.90. The molecule has 150 valence electrons. The van der Waals surface area contributed by atoms with E-state index in [1.807, 2.05) is 34.3 Å². The molecule has 0 fully saturated rings. The topological polar surface area (TPSA) is 52.5 Å². The van der Waals surface area contributed by atoms with Crippen molar-refractivity contribution >= 4 is 35.4 Å². The highest BCUT2D eigenvalue weighted by atomic mass is 32.1. The third-order valence-corrected chi connectivity index (χ3v) is 6.91. The van der Waals surface area contributed by atoms with E-state index in [-0.39, 0.29) is 11.5 Å². The number of fused-ring (bicyclic) bond motifs is 3.